The molecule has 0 bridgehead atoms. The number of carbonyl (C=O) groups excluding carboxylic acids is 1. The van der Waals surface area contributed by atoms with Crippen molar-refractivity contribution >= 4 is 5.78 Å². The second kappa shape index (κ2) is 5.80. The topological polar surface area (TPSA) is 29.1 Å². The number of benzene rings is 1. The van der Waals surface area contributed by atoms with Crippen LogP contribution in [0.4, 0.5) is 0 Å². The Bertz CT molecular complexity index is 371. The minimum atomic E-state index is 0.228. The standard InChI is InChI=1S/C14H21NO/c1-5-15-12(4)9-14(16)13-7-6-10(2)8-11(13)3/h6-8,12,15H,5,9H2,1-4H3. The van der Waals surface area contributed by atoms with E-state index in [4.69, 9.17) is 0 Å². The molecule has 0 aliphatic carbocycles. The van der Waals surface area contributed by atoms with Crippen LogP contribution in [-0.4, -0.2) is 18.4 Å². The molecule has 2 heteroatoms. The lowest BCUT2D eigenvalue weighted by Crippen LogP contribution is -2.28. The van der Waals surface area contributed by atoms with Gasteiger partial charge in [0.25, 0.3) is 0 Å². The third-order valence-corrected chi connectivity index (χ3v) is 2.73. The first-order chi connectivity index (χ1) is 7.54. The van der Waals surface area contributed by atoms with E-state index in [1.54, 1.807) is 0 Å². The van der Waals surface area contributed by atoms with E-state index < -0.39 is 0 Å². The first-order valence-corrected chi connectivity index (χ1v) is 5.88. The summed E-state index contributed by atoms with van der Waals surface area (Å²) in [5.41, 5.74) is 3.14. The summed E-state index contributed by atoms with van der Waals surface area (Å²) in [7, 11) is 0. The summed E-state index contributed by atoms with van der Waals surface area (Å²) in [6.45, 7) is 9.05. The van der Waals surface area contributed by atoms with Gasteiger partial charge in [-0.15, -0.1) is 0 Å². The van der Waals surface area contributed by atoms with Crippen molar-refractivity contribution < 1.29 is 4.79 Å². The maximum Gasteiger partial charge on any atom is 0.164 e. The summed E-state index contributed by atoms with van der Waals surface area (Å²) >= 11 is 0. The van der Waals surface area contributed by atoms with Crippen molar-refractivity contribution in [2.24, 2.45) is 0 Å². The third kappa shape index (κ3) is 3.46. The molecule has 0 radical (unpaired) electrons. The maximum absolute atomic E-state index is 12.0. The average Bonchev–Trinajstić information content (AvgIpc) is 2.17. The Kier molecular flexibility index (Phi) is 4.69. The molecule has 0 aromatic heterocycles. The van der Waals surface area contributed by atoms with Crippen molar-refractivity contribution in [1.82, 2.24) is 5.32 Å². The highest BCUT2D eigenvalue weighted by atomic mass is 16.1. The van der Waals surface area contributed by atoms with Crippen LogP contribution < -0.4 is 5.32 Å². The van der Waals surface area contributed by atoms with Gasteiger partial charge in [-0.05, 0) is 32.9 Å². The molecule has 0 amide bonds. The molecule has 1 aromatic rings. The molecule has 0 aliphatic heterocycles. The molecule has 1 unspecified atom stereocenters. The molecule has 0 saturated carbocycles. The molecule has 1 aromatic carbocycles. The van der Waals surface area contributed by atoms with Crippen LogP contribution in [0.25, 0.3) is 0 Å². The van der Waals surface area contributed by atoms with E-state index in [1.165, 1.54) is 5.56 Å². The fourth-order valence-electron chi connectivity index (χ4n) is 1.94. The normalized spacial score (nSPS) is 12.5. The van der Waals surface area contributed by atoms with Crippen molar-refractivity contribution in [3.63, 3.8) is 0 Å². The molecule has 0 spiro atoms. The Hall–Kier alpha value is -1.15. The van der Waals surface area contributed by atoms with Crippen LogP contribution in [0.5, 0.6) is 0 Å². The van der Waals surface area contributed by atoms with Gasteiger partial charge < -0.3 is 5.32 Å². The molecule has 16 heavy (non-hydrogen) atoms. The van der Waals surface area contributed by atoms with Crippen LogP contribution in [-0.2, 0) is 0 Å². The van der Waals surface area contributed by atoms with Gasteiger partial charge in [0.05, 0.1) is 0 Å². The van der Waals surface area contributed by atoms with Gasteiger partial charge in [0.1, 0.15) is 0 Å². The number of ketones is 1. The van der Waals surface area contributed by atoms with Crippen molar-refractivity contribution in [3.8, 4) is 0 Å². The number of hydrogen-bond donors (Lipinski definition) is 1. The van der Waals surface area contributed by atoms with Gasteiger partial charge in [0.2, 0.25) is 0 Å². The molecule has 0 fully saturated rings. The van der Waals surface area contributed by atoms with Crippen LogP contribution in [0.1, 0.15) is 41.8 Å². The van der Waals surface area contributed by atoms with Gasteiger partial charge in [-0.2, -0.15) is 0 Å². The molecule has 1 atom stereocenters. The number of nitrogens with one attached hydrogen (secondary N) is 1. The van der Waals surface area contributed by atoms with E-state index in [-0.39, 0.29) is 11.8 Å². The number of hydrogen-bond acceptors (Lipinski definition) is 2. The largest absolute Gasteiger partial charge is 0.314 e. The van der Waals surface area contributed by atoms with E-state index in [2.05, 4.69) is 18.3 Å². The molecule has 1 N–H and O–H groups in total. The lowest BCUT2D eigenvalue weighted by atomic mass is 9.98. The monoisotopic (exact) mass is 219 g/mol. The molecule has 88 valence electrons. The Morgan fingerprint density at radius 1 is 1.38 bits per heavy atom. The zero-order valence-electron chi connectivity index (χ0n) is 10.6. The Morgan fingerprint density at radius 2 is 2.06 bits per heavy atom. The minimum Gasteiger partial charge on any atom is -0.314 e. The van der Waals surface area contributed by atoms with E-state index in [0.29, 0.717) is 6.42 Å². The van der Waals surface area contributed by atoms with Gasteiger partial charge in [-0.3, -0.25) is 4.79 Å². The smallest absolute Gasteiger partial charge is 0.164 e. The highest BCUT2D eigenvalue weighted by molar-refractivity contribution is 5.97. The van der Waals surface area contributed by atoms with Gasteiger partial charge in [0, 0.05) is 18.0 Å². The third-order valence-electron chi connectivity index (χ3n) is 2.73. The molecule has 1 rings (SSSR count). The van der Waals surface area contributed by atoms with E-state index in [1.807, 2.05) is 32.9 Å². The van der Waals surface area contributed by atoms with Gasteiger partial charge in [-0.25, -0.2) is 0 Å². The van der Waals surface area contributed by atoms with Crippen LogP contribution in [0.2, 0.25) is 0 Å². The fourth-order valence-corrected chi connectivity index (χ4v) is 1.94. The molecule has 0 saturated heterocycles. The molecular weight excluding hydrogens is 198 g/mol. The lowest BCUT2D eigenvalue weighted by molar-refractivity contribution is 0.0971. The van der Waals surface area contributed by atoms with Crippen LogP contribution in [0.15, 0.2) is 18.2 Å². The first-order valence-electron chi connectivity index (χ1n) is 5.88. The summed E-state index contributed by atoms with van der Waals surface area (Å²) in [5.74, 6) is 0.228. The second-order valence-electron chi connectivity index (χ2n) is 4.40. The lowest BCUT2D eigenvalue weighted by Gasteiger charge is -2.12. The zero-order valence-corrected chi connectivity index (χ0v) is 10.6. The van der Waals surface area contributed by atoms with Crippen molar-refractivity contribution in [3.05, 3.63) is 34.9 Å². The molecule has 0 heterocycles. The second-order valence-corrected chi connectivity index (χ2v) is 4.40. The summed E-state index contributed by atoms with van der Waals surface area (Å²) < 4.78 is 0. The number of Topliss-reactive ketones (excluding diaryl/α,β-unsaturated/α-hetero) is 1. The van der Waals surface area contributed by atoms with Crippen molar-refractivity contribution in [2.45, 2.75) is 40.2 Å². The van der Waals surface area contributed by atoms with Gasteiger partial charge >= 0.3 is 0 Å². The molecular formula is C14H21NO. The van der Waals surface area contributed by atoms with Gasteiger partial charge in [0.15, 0.2) is 5.78 Å². The fraction of sp³-hybridized carbons (Fsp3) is 0.500. The van der Waals surface area contributed by atoms with Crippen LogP contribution in [0.3, 0.4) is 0 Å². The first kappa shape index (κ1) is 12.9. The van der Waals surface area contributed by atoms with E-state index in [9.17, 15) is 4.79 Å². The average molecular weight is 219 g/mol. The highest BCUT2D eigenvalue weighted by Crippen LogP contribution is 2.13. The zero-order chi connectivity index (χ0) is 12.1. The maximum atomic E-state index is 12.0. The number of rotatable bonds is 5. The number of aryl methyl sites for hydroxylation is 2. The summed E-state index contributed by atoms with van der Waals surface area (Å²) in [6.07, 6.45) is 0.567. The summed E-state index contributed by atoms with van der Waals surface area (Å²) in [4.78, 5) is 12.0. The van der Waals surface area contributed by atoms with Crippen molar-refractivity contribution in [2.75, 3.05) is 6.54 Å². The molecule has 0 aliphatic rings. The highest BCUT2D eigenvalue weighted by Gasteiger charge is 2.12. The Balaban J connectivity index is 2.73. The van der Waals surface area contributed by atoms with Crippen LogP contribution in [0, 0.1) is 13.8 Å². The minimum absolute atomic E-state index is 0.228. The summed E-state index contributed by atoms with van der Waals surface area (Å²) in [6, 6.07) is 6.24. The number of carbonyl (C=O) groups is 1. The van der Waals surface area contributed by atoms with Crippen LogP contribution >= 0.6 is 0 Å². The van der Waals surface area contributed by atoms with E-state index in [0.717, 1.165) is 17.7 Å². The predicted octanol–water partition coefficient (Wildman–Crippen LogP) is 2.87. The molecule has 2 nitrogen and oxygen atoms in total. The quantitative estimate of drug-likeness (QED) is 0.771. The SMILES string of the molecule is CCNC(C)CC(=O)c1ccc(C)cc1C. The predicted molar refractivity (Wildman–Crippen MR) is 68.0 cm³/mol. The Morgan fingerprint density at radius 3 is 2.62 bits per heavy atom. The Labute approximate surface area is 98.1 Å². The van der Waals surface area contributed by atoms with Gasteiger partial charge in [-0.1, -0.05) is 30.7 Å². The van der Waals surface area contributed by atoms with Crippen molar-refractivity contribution in [1.29, 1.82) is 0 Å². The summed E-state index contributed by atoms with van der Waals surface area (Å²) in [5, 5.41) is 3.26. The van der Waals surface area contributed by atoms with E-state index >= 15 is 0 Å².